The molecule has 0 radical (unpaired) electrons. The van der Waals surface area contributed by atoms with Crippen molar-refractivity contribution in [1.29, 1.82) is 0 Å². The topological polar surface area (TPSA) is 93.8 Å². The van der Waals surface area contributed by atoms with Gasteiger partial charge in [-0.05, 0) is 25.1 Å². The van der Waals surface area contributed by atoms with Crippen LogP contribution in [0.1, 0.15) is 19.3 Å². The first-order valence-electron chi connectivity index (χ1n) is 9.52. The fourth-order valence-electron chi connectivity index (χ4n) is 3.36. The fourth-order valence-corrected chi connectivity index (χ4v) is 3.36. The van der Waals surface area contributed by atoms with Gasteiger partial charge in [-0.1, -0.05) is 12.1 Å². The molecule has 1 fully saturated rings. The number of hydrogen-bond acceptors (Lipinski definition) is 5. The molecule has 0 atom stereocenters. The molecule has 1 aromatic carbocycles. The van der Waals surface area contributed by atoms with E-state index in [0.717, 1.165) is 39.1 Å². The summed E-state index contributed by atoms with van der Waals surface area (Å²) in [6.07, 6.45) is 1.12. The molecule has 0 unspecified atom stereocenters. The van der Waals surface area contributed by atoms with Gasteiger partial charge in [-0.2, -0.15) is 0 Å². The molecular weight excluding hydrogens is 346 g/mol. The quantitative estimate of drug-likeness (QED) is 0.592. The second-order valence-corrected chi connectivity index (χ2v) is 6.84. The zero-order chi connectivity index (χ0) is 19.1. The number of amides is 3. The lowest BCUT2D eigenvalue weighted by Crippen LogP contribution is -2.44. The van der Waals surface area contributed by atoms with Crippen molar-refractivity contribution in [2.45, 2.75) is 19.3 Å². The summed E-state index contributed by atoms with van der Waals surface area (Å²) in [6, 6.07) is 7.18. The van der Waals surface area contributed by atoms with Crippen LogP contribution >= 0.6 is 0 Å². The Hall–Kier alpha value is -2.45. The van der Waals surface area contributed by atoms with Crippen LogP contribution < -0.4 is 20.9 Å². The van der Waals surface area contributed by atoms with E-state index in [1.54, 1.807) is 18.2 Å². The highest BCUT2D eigenvalue weighted by atomic mass is 16.2. The van der Waals surface area contributed by atoms with Gasteiger partial charge in [0.2, 0.25) is 17.7 Å². The normalized spacial score (nSPS) is 17.2. The van der Waals surface area contributed by atoms with E-state index in [4.69, 9.17) is 0 Å². The molecule has 3 amide bonds. The Morgan fingerprint density at radius 2 is 1.89 bits per heavy atom. The summed E-state index contributed by atoms with van der Waals surface area (Å²) < 4.78 is 0. The average molecular weight is 373 g/mol. The number of benzene rings is 1. The molecule has 0 aliphatic carbocycles. The van der Waals surface area contributed by atoms with Gasteiger partial charge >= 0.3 is 0 Å². The number of piperazine rings is 1. The van der Waals surface area contributed by atoms with Gasteiger partial charge in [0.25, 0.3) is 0 Å². The Balaban J connectivity index is 1.38. The first kappa shape index (κ1) is 19.3. The Bertz CT molecular complexity index is 688. The van der Waals surface area contributed by atoms with Crippen molar-refractivity contribution in [3.8, 4) is 0 Å². The van der Waals surface area contributed by atoms with Gasteiger partial charge < -0.3 is 25.8 Å². The summed E-state index contributed by atoms with van der Waals surface area (Å²) in [5.41, 5.74) is 1.30. The molecule has 2 aliphatic heterocycles. The summed E-state index contributed by atoms with van der Waals surface area (Å²) in [6.45, 7) is 5.72. The SMILES string of the molecule is O=C(CCC(=O)N1CC(=O)Nc2ccccc21)NCCCN1CCNCC1. The van der Waals surface area contributed by atoms with E-state index in [-0.39, 0.29) is 37.1 Å². The molecule has 0 bridgehead atoms. The third kappa shape index (κ3) is 5.51. The number of anilines is 2. The lowest BCUT2D eigenvalue weighted by Gasteiger charge is -2.29. The van der Waals surface area contributed by atoms with Crippen molar-refractivity contribution in [2.24, 2.45) is 0 Å². The maximum absolute atomic E-state index is 12.5. The molecule has 2 aliphatic rings. The van der Waals surface area contributed by atoms with Crippen LogP contribution in [0.25, 0.3) is 0 Å². The second-order valence-electron chi connectivity index (χ2n) is 6.84. The van der Waals surface area contributed by atoms with Gasteiger partial charge in [0.1, 0.15) is 6.54 Å². The van der Waals surface area contributed by atoms with Crippen molar-refractivity contribution in [3.63, 3.8) is 0 Å². The third-order valence-electron chi connectivity index (χ3n) is 4.82. The van der Waals surface area contributed by atoms with Crippen molar-refractivity contribution < 1.29 is 14.4 Å². The number of nitrogens with one attached hydrogen (secondary N) is 3. The van der Waals surface area contributed by atoms with E-state index in [1.165, 1.54) is 4.90 Å². The molecule has 2 heterocycles. The maximum Gasteiger partial charge on any atom is 0.244 e. The summed E-state index contributed by atoms with van der Waals surface area (Å²) in [5.74, 6) is -0.564. The third-order valence-corrected chi connectivity index (χ3v) is 4.82. The number of nitrogens with zero attached hydrogens (tertiary/aromatic N) is 2. The smallest absolute Gasteiger partial charge is 0.244 e. The van der Waals surface area contributed by atoms with Crippen LogP contribution in [0.15, 0.2) is 24.3 Å². The van der Waals surface area contributed by atoms with Gasteiger partial charge in [-0.15, -0.1) is 0 Å². The van der Waals surface area contributed by atoms with Gasteiger partial charge in [0, 0.05) is 45.6 Å². The standard InChI is InChI=1S/C19H27N5O3/c25-17(21-8-3-11-23-12-9-20-10-13-23)6-7-19(27)24-14-18(26)22-15-4-1-2-5-16(15)24/h1-2,4-5,20H,3,6-14H2,(H,21,25)(H,22,26). The number of fused-ring (bicyclic) bond motifs is 1. The number of para-hydroxylation sites is 2. The van der Waals surface area contributed by atoms with E-state index in [2.05, 4.69) is 20.9 Å². The van der Waals surface area contributed by atoms with Gasteiger partial charge in [-0.25, -0.2) is 0 Å². The Kier molecular flexibility index (Phi) is 6.78. The van der Waals surface area contributed by atoms with Gasteiger partial charge in [0.15, 0.2) is 0 Å². The minimum Gasteiger partial charge on any atom is -0.356 e. The first-order chi connectivity index (χ1) is 13.1. The van der Waals surface area contributed by atoms with Gasteiger partial charge in [-0.3, -0.25) is 14.4 Å². The fraction of sp³-hybridized carbons (Fsp3) is 0.526. The zero-order valence-electron chi connectivity index (χ0n) is 15.5. The molecule has 8 nitrogen and oxygen atoms in total. The molecule has 3 rings (SSSR count). The van der Waals surface area contributed by atoms with E-state index in [0.29, 0.717) is 17.9 Å². The van der Waals surface area contributed by atoms with Crippen LogP contribution in [0.2, 0.25) is 0 Å². The second kappa shape index (κ2) is 9.48. The molecule has 146 valence electrons. The highest BCUT2D eigenvalue weighted by molar-refractivity contribution is 6.10. The van der Waals surface area contributed by atoms with Crippen molar-refractivity contribution >= 4 is 29.1 Å². The molecule has 3 N–H and O–H groups in total. The summed E-state index contributed by atoms with van der Waals surface area (Å²) in [4.78, 5) is 40.1. The van der Waals surface area contributed by atoms with Crippen LogP contribution in [0.4, 0.5) is 11.4 Å². The largest absolute Gasteiger partial charge is 0.356 e. The minimum atomic E-state index is -0.223. The Morgan fingerprint density at radius 1 is 1.11 bits per heavy atom. The minimum absolute atomic E-state index is 0.0117. The summed E-state index contributed by atoms with van der Waals surface area (Å²) >= 11 is 0. The van der Waals surface area contributed by atoms with Crippen LogP contribution in [0, 0.1) is 0 Å². The molecule has 0 aromatic heterocycles. The molecule has 27 heavy (non-hydrogen) atoms. The van der Waals surface area contributed by atoms with E-state index >= 15 is 0 Å². The molecule has 0 saturated carbocycles. The molecule has 8 heteroatoms. The predicted octanol–water partition coefficient (Wildman–Crippen LogP) is 0.163. The maximum atomic E-state index is 12.5. The molecule has 1 aromatic rings. The molecule has 1 saturated heterocycles. The van der Waals surface area contributed by atoms with Crippen molar-refractivity contribution in [3.05, 3.63) is 24.3 Å². The number of hydrogen-bond donors (Lipinski definition) is 3. The van der Waals surface area contributed by atoms with Crippen LogP contribution in [0.3, 0.4) is 0 Å². The summed E-state index contributed by atoms with van der Waals surface area (Å²) in [5, 5.41) is 8.94. The number of carbonyl (C=O) groups is 3. The monoisotopic (exact) mass is 373 g/mol. The van der Waals surface area contributed by atoms with Crippen LogP contribution in [-0.4, -0.2) is 68.4 Å². The van der Waals surface area contributed by atoms with Gasteiger partial charge in [0.05, 0.1) is 11.4 Å². The number of carbonyl (C=O) groups excluding carboxylic acids is 3. The van der Waals surface area contributed by atoms with Crippen molar-refractivity contribution in [1.82, 2.24) is 15.5 Å². The Labute approximate surface area is 159 Å². The van der Waals surface area contributed by atoms with E-state index < -0.39 is 0 Å². The highest BCUT2D eigenvalue weighted by Crippen LogP contribution is 2.29. The van der Waals surface area contributed by atoms with Crippen LogP contribution in [0.5, 0.6) is 0 Å². The average Bonchev–Trinajstić information content (AvgIpc) is 2.69. The Morgan fingerprint density at radius 3 is 2.70 bits per heavy atom. The van der Waals surface area contributed by atoms with Crippen LogP contribution in [-0.2, 0) is 14.4 Å². The van der Waals surface area contributed by atoms with Crippen molar-refractivity contribution in [2.75, 3.05) is 56.0 Å². The highest BCUT2D eigenvalue weighted by Gasteiger charge is 2.26. The molecule has 0 spiro atoms. The first-order valence-corrected chi connectivity index (χ1v) is 9.52. The lowest BCUT2D eigenvalue weighted by molar-refractivity contribution is -0.125. The lowest BCUT2D eigenvalue weighted by atomic mass is 10.1. The summed E-state index contributed by atoms with van der Waals surface area (Å²) in [7, 11) is 0. The van der Waals surface area contributed by atoms with E-state index in [1.807, 2.05) is 6.07 Å². The van der Waals surface area contributed by atoms with E-state index in [9.17, 15) is 14.4 Å². The predicted molar refractivity (Wildman–Crippen MR) is 104 cm³/mol. The number of rotatable bonds is 7. The molecular formula is C19H27N5O3. The zero-order valence-corrected chi connectivity index (χ0v) is 15.5.